The Bertz CT molecular complexity index is 1050. The van der Waals surface area contributed by atoms with Crippen LogP contribution in [0, 0.1) is 13.8 Å². The lowest BCUT2D eigenvalue weighted by Crippen LogP contribution is -2.27. The number of benzene rings is 2. The Morgan fingerprint density at radius 2 is 1.73 bits per heavy atom. The Balaban J connectivity index is 1.65. The average molecular weight is 506 g/mol. The van der Waals surface area contributed by atoms with Crippen LogP contribution in [0.25, 0.3) is 6.08 Å². The third kappa shape index (κ3) is 6.65. The van der Waals surface area contributed by atoms with Gasteiger partial charge in [0.05, 0.1) is 29.7 Å². The zero-order valence-electron chi connectivity index (χ0n) is 19.3. The lowest BCUT2D eigenvalue weighted by molar-refractivity contribution is -0.121. The van der Waals surface area contributed by atoms with E-state index in [0.29, 0.717) is 58.5 Å². The number of nitrogens with zero attached hydrogens (tertiary/aromatic N) is 1. The molecule has 8 heteroatoms. The molecule has 1 aliphatic rings. The zero-order chi connectivity index (χ0) is 24.0. The normalized spacial score (nSPS) is 14.8. The molecule has 0 atom stereocenters. The van der Waals surface area contributed by atoms with E-state index in [1.807, 2.05) is 32.0 Å². The van der Waals surface area contributed by atoms with Crippen molar-refractivity contribution in [2.45, 2.75) is 34.1 Å². The molecule has 0 aromatic heterocycles. The molecule has 0 N–H and O–H groups in total. The maximum absolute atomic E-state index is 12.5. The van der Waals surface area contributed by atoms with Gasteiger partial charge in [-0.05, 0) is 74.7 Å². The van der Waals surface area contributed by atoms with Gasteiger partial charge in [0.2, 0.25) is 0 Å². The second-order valence-electron chi connectivity index (χ2n) is 7.56. The fourth-order valence-corrected chi connectivity index (χ4v) is 5.10. The number of carbonyl (C=O) groups excluding carboxylic acids is 1. The first kappa shape index (κ1) is 25.4. The summed E-state index contributed by atoms with van der Waals surface area (Å²) in [6.07, 6.45) is 2.47. The molecule has 0 spiro atoms. The number of hydrogen-bond donors (Lipinski definition) is 0. The summed E-state index contributed by atoms with van der Waals surface area (Å²) < 4.78 is 18.1. The van der Waals surface area contributed by atoms with E-state index in [2.05, 4.69) is 19.9 Å². The van der Waals surface area contributed by atoms with Crippen LogP contribution in [0.15, 0.2) is 35.2 Å². The summed E-state index contributed by atoms with van der Waals surface area (Å²) in [6, 6.07) is 9.75. The molecule has 2 aromatic rings. The monoisotopic (exact) mass is 505 g/mol. The first-order valence-corrected chi connectivity index (χ1v) is 12.5. The number of likely N-dealkylation sites (N-methyl/N-ethyl adjacent to an activating group) is 1. The molecule has 2 aromatic carbocycles. The predicted octanol–water partition coefficient (Wildman–Crippen LogP) is 6.42. The molecule has 1 saturated heterocycles. The minimum Gasteiger partial charge on any atom is -0.493 e. The van der Waals surface area contributed by atoms with Crippen LogP contribution in [0.5, 0.6) is 17.2 Å². The molecule has 5 nitrogen and oxygen atoms in total. The van der Waals surface area contributed by atoms with Crippen molar-refractivity contribution < 1.29 is 19.0 Å². The summed E-state index contributed by atoms with van der Waals surface area (Å²) in [6.45, 7) is 9.87. The van der Waals surface area contributed by atoms with Gasteiger partial charge in [0, 0.05) is 13.0 Å². The van der Waals surface area contributed by atoms with E-state index in [1.54, 1.807) is 17.0 Å². The Labute approximate surface area is 210 Å². The lowest BCUT2D eigenvalue weighted by atomic mass is 10.1. The summed E-state index contributed by atoms with van der Waals surface area (Å²) in [5.41, 5.74) is 3.10. The van der Waals surface area contributed by atoms with Gasteiger partial charge in [-0.2, -0.15) is 0 Å². The molecule has 3 rings (SSSR count). The summed E-state index contributed by atoms with van der Waals surface area (Å²) >= 11 is 13.1. The second kappa shape index (κ2) is 11.8. The average Bonchev–Trinajstić information content (AvgIpc) is 3.01. The molecule has 1 fully saturated rings. The van der Waals surface area contributed by atoms with E-state index in [-0.39, 0.29) is 5.91 Å². The minimum absolute atomic E-state index is 0.0919. The highest BCUT2D eigenvalue weighted by Crippen LogP contribution is 2.39. The molecule has 1 aliphatic heterocycles. The number of thiocarbonyl (C=S) groups is 1. The minimum atomic E-state index is -0.0919. The van der Waals surface area contributed by atoms with Crippen LogP contribution in [0.1, 0.15) is 37.0 Å². The number of aryl methyl sites for hydroxylation is 2. The molecule has 0 radical (unpaired) electrons. The van der Waals surface area contributed by atoms with E-state index in [1.165, 1.54) is 22.9 Å². The summed E-state index contributed by atoms with van der Waals surface area (Å²) in [5.74, 6) is 1.80. The summed E-state index contributed by atoms with van der Waals surface area (Å²) in [7, 11) is 0. The van der Waals surface area contributed by atoms with Crippen molar-refractivity contribution in [2.24, 2.45) is 0 Å². The smallest absolute Gasteiger partial charge is 0.266 e. The number of ether oxygens (including phenoxy) is 3. The van der Waals surface area contributed by atoms with Crippen LogP contribution in [-0.2, 0) is 4.79 Å². The van der Waals surface area contributed by atoms with E-state index in [4.69, 9.17) is 38.0 Å². The first-order chi connectivity index (χ1) is 15.8. The van der Waals surface area contributed by atoms with E-state index in [9.17, 15) is 4.79 Å². The summed E-state index contributed by atoms with van der Waals surface area (Å²) in [4.78, 5) is 14.7. The van der Waals surface area contributed by atoms with Crippen molar-refractivity contribution in [3.8, 4) is 17.2 Å². The van der Waals surface area contributed by atoms with Gasteiger partial charge in [-0.15, -0.1) is 0 Å². The predicted molar refractivity (Wildman–Crippen MR) is 140 cm³/mol. The van der Waals surface area contributed by atoms with Gasteiger partial charge >= 0.3 is 0 Å². The quantitative estimate of drug-likeness (QED) is 0.211. The number of rotatable bonds is 10. The van der Waals surface area contributed by atoms with Crippen molar-refractivity contribution in [1.29, 1.82) is 0 Å². The molecule has 0 bridgehead atoms. The standard InChI is InChI=1S/C25H28ClNO4S2/c1-5-27-24(28)22(33-25(27)32)15-18-13-20(26)23(21(14-18)29-6-2)31-9-7-8-30-19-11-16(3)10-17(4)12-19/h10-15H,5-9H2,1-4H3/b22-15-. The molecular weight excluding hydrogens is 478 g/mol. The maximum atomic E-state index is 12.5. The molecule has 1 amide bonds. The van der Waals surface area contributed by atoms with Crippen molar-refractivity contribution in [2.75, 3.05) is 26.4 Å². The van der Waals surface area contributed by atoms with Gasteiger partial charge in [0.25, 0.3) is 5.91 Å². The van der Waals surface area contributed by atoms with Crippen LogP contribution in [-0.4, -0.2) is 41.5 Å². The highest BCUT2D eigenvalue weighted by molar-refractivity contribution is 8.26. The molecule has 33 heavy (non-hydrogen) atoms. The van der Waals surface area contributed by atoms with Crippen molar-refractivity contribution in [3.05, 3.63) is 56.9 Å². The van der Waals surface area contributed by atoms with E-state index >= 15 is 0 Å². The highest BCUT2D eigenvalue weighted by atomic mass is 35.5. The molecule has 176 valence electrons. The number of amides is 1. The number of hydrogen-bond acceptors (Lipinski definition) is 6. The van der Waals surface area contributed by atoms with Crippen LogP contribution in [0.4, 0.5) is 0 Å². The number of thioether (sulfide) groups is 1. The lowest BCUT2D eigenvalue weighted by Gasteiger charge is -2.15. The van der Waals surface area contributed by atoms with Gasteiger partial charge < -0.3 is 14.2 Å². The van der Waals surface area contributed by atoms with Crippen molar-refractivity contribution in [3.63, 3.8) is 0 Å². The Kier molecular flexibility index (Phi) is 9.06. The Morgan fingerprint density at radius 1 is 1.03 bits per heavy atom. The van der Waals surface area contributed by atoms with Crippen LogP contribution in [0.3, 0.4) is 0 Å². The van der Waals surface area contributed by atoms with Crippen LogP contribution >= 0.6 is 35.6 Å². The molecular formula is C25H28ClNO4S2. The SMILES string of the molecule is CCOc1cc(/C=C2\SC(=S)N(CC)C2=O)cc(Cl)c1OCCCOc1cc(C)cc(C)c1. The van der Waals surface area contributed by atoms with Gasteiger partial charge in [-0.1, -0.05) is 41.6 Å². The summed E-state index contributed by atoms with van der Waals surface area (Å²) in [5, 5.41) is 0.424. The Morgan fingerprint density at radius 3 is 2.36 bits per heavy atom. The number of carbonyl (C=O) groups is 1. The topological polar surface area (TPSA) is 48.0 Å². The van der Waals surface area contributed by atoms with Gasteiger partial charge in [-0.25, -0.2) is 0 Å². The third-order valence-corrected chi connectivity index (χ3v) is 6.48. The second-order valence-corrected chi connectivity index (χ2v) is 9.65. The highest BCUT2D eigenvalue weighted by Gasteiger charge is 2.30. The fraction of sp³-hybridized carbons (Fsp3) is 0.360. The molecule has 0 aliphatic carbocycles. The molecule has 1 heterocycles. The van der Waals surface area contributed by atoms with Gasteiger partial charge in [0.1, 0.15) is 10.1 Å². The van der Waals surface area contributed by atoms with Crippen molar-refractivity contribution in [1.82, 2.24) is 4.90 Å². The van der Waals surface area contributed by atoms with Gasteiger partial charge in [-0.3, -0.25) is 9.69 Å². The van der Waals surface area contributed by atoms with Crippen LogP contribution in [0.2, 0.25) is 5.02 Å². The third-order valence-electron chi connectivity index (χ3n) is 4.82. The molecule has 0 saturated carbocycles. The number of halogens is 1. The van der Waals surface area contributed by atoms with Crippen molar-refractivity contribution >= 4 is 51.9 Å². The van der Waals surface area contributed by atoms with Gasteiger partial charge in [0.15, 0.2) is 11.5 Å². The zero-order valence-corrected chi connectivity index (χ0v) is 21.7. The Hall–Kier alpha value is -2.22. The van der Waals surface area contributed by atoms with E-state index < -0.39 is 0 Å². The maximum Gasteiger partial charge on any atom is 0.266 e. The largest absolute Gasteiger partial charge is 0.493 e. The first-order valence-electron chi connectivity index (χ1n) is 10.9. The fourth-order valence-electron chi connectivity index (χ4n) is 3.44. The van der Waals surface area contributed by atoms with E-state index in [0.717, 1.165) is 11.3 Å². The van der Waals surface area contributed by atoms with Crippen LogP contribution < -0.4 is 14.2 Å². The molecule has 0 unspecified atom stereocenters.